The summed E-state index contributed by atoms with van der Waals surface area (Å²) in [6.07, 6.45) is 5.39. The molecule has 11 heteroatoms. The summed E-state index contributed by atoms with van der Waals surface area (Å²) < 4.78 is 0. The zero-order valence-corrected chi connectivity index (χ0v) is 26.1. The molecule has 2 aromatic rings. The van der Waals surface area contributed by atoms with E-state index < -0.39 is 41.3 Å². The fourth-order valence-electron chi connectivity index (χ4n) is 4.77. The van der Waals surface area contributed by atoms with Crippen LogP contribution in [0.25, 0.3) is 17.0 Å². The number of carbonyl (C=O) groups excluding carboxylic acids is 3. The fourth-order valence-corrected chi connectivity index (χ4v) is 5.05. The molecule has 0 bridgehead atoms. The van der Waals surface area contributed by atoms with E-state index in [9.17, 15) is 24.3 Å². The molecule has 1 saturated heterocycles. The topological polar surface area (TPSA) is 141 Å². The molecular weight excluding hydrogens is 558 g/mol. The third-order valence-corrected chi connectivity index (χ3v) is 7.93. The quantitative estimate of drug-likeness (QED) is 0.323. The number of hydrogen-bond donors (Lipinski definition) is 4. The summed E-state index contributed by atoms with van der Waals surface area (Å²) in [7, 11) is 0. The minimum atomic E-state index is -1.04. The van der Waals surface area contributed by atoms with E-state index in [2.05, 4.69) is 16.1 Å². The minimum absolute atomic E-state index is 0.258. The molecule has 1 aromatic heterocycles. The van der Waals surface area contributed by atoms with Gasteiger partial charge in [-0.2, -0.15) is 0 Å². The summed E-state index contributed by atoms with van der Waals surface area (Å²) in [6, 6.07) is 3.08. The Morgan fingerprint density at radius 1 is 1.21 bits per heavy atom. The molecule has 1 aliphatic heterocycles. The van der Waals surface area contributed by atoms with Gasteiger partial charge in [-0.25, -0.2) is 5.43 Å². The SMILES string of the molecule is CCc1cc(Cl)c2ccc(/C=C/C(C)(C)C(=O)N[C@H](C(=O)N[C@@H](C)C(=O)N3CCCC(C(=O)O)N3)C(C)C)c(C)c2n1. The van der Waals surface area contributed by atoms with Gasteiger partial charge in [0.1, 0.15) is 18.1 Å². The molecule has 1 aromatic carbocycles. The lowest BCUT2D eigenvalue weighted by Crippen LogP contribution is -2.61. The van der Waals surface area contributed by atoms with Crippen LogP contribution in [0.3, 0.4) is 0 Å². The highest BCUT2D eigenvalue weighted by atomic mass is 35.5. The lowest BCUT2D eigenvalue weighted by atomic mass is 9.89. The standard InChI is InChI=1S/C31H42ClN5O5/c1-8-21-16-23(32)22-12-11-20(18(4)26(22)34-21)13-14-31(6,7)30(42)35-25(17(2)3)27(38)33-19(5)28(39)37-15-9-10-24(36-37)29(40)41/h11-14,16-17,19,24-25,36H,8-10,15H2,1-7H3,(H,33,38)(H,35,42)(H,40,41)/b14-13+/t19-,24?,25-/m0/s1. The summed E-state index contributed by atoms with van der Waals surface area (Å²) in [5.41, 5.74) is 5.33. The van der Waals surface area contributed by atoms with Crippen LogP contribution in [0.1, 0.15) is 71.2 Å². The zero-order chi connectivity index (χ0) is 31.4. The Hall–Kier alpha value is -3.50. The molecule has 1 aliphatic rings. The highest BCUT2D eigenvalue weighted by Gasteiger charge is 2.34. The van der Waals surface area contributed by atoms with Crippen LogP contribution in [0.2, 0.25) is 5.02 Å². The third-order valence-electron chi connectivity index (χ3n) is 7.62. The van der Waals surface area contributed by atoms with Gasteiger partial charge in [0.25, 0.3) is 5.91 Å². The first-order chi connectivity index (χ1) is 19.7. The Kier molecular flexibility index (Phi) is 10.7. The van der Waals surface area contributed by atoms with Crippen molar-refractivity contribution in [2.45, 2.75) is 85.9 Å². The average molecular weight is 600 g/mol. The number of nitrogens with one attached hydrogen (secondary N) is 3. The van der Waals surface area contributed by atoms with Crippen LogP contribution in [0.15, 0.2) is 24.3 Å². The molecule has 3 amide bonds. The molecule has 3 atom stereocenters. The first kappa shape index (κ1) is 33.0. The van der Waals surface area contributed by atoms with E-state index >= 15 is 0 Å². The van der Waals surface area contributed by atoms with Gasteiger partial charge in [-0.3, -0.25) is 29.2 Å². The van der Waals surface area contributed by atoms with Crippen molar-refractivity contribution in [2.75, 3.05) is 6.54 Å². The lowest BCUT2D eigenvalue weighted by molar-refractivity contribution is -0.148. The first-order valence-electron chi connectivity index (χ1n) is 14.4. The Bertz CT molecular complexity index is 1390. The maximum atomic E-state index is 13.4. The summed E-state index contributed by atoms with van der Waals surface area (Å²) in [6.45, 7) is 13.0. The predicted octanol–water partition coefficient (Wildman–Crippen LogP) is 4.02. The lowest BCUT2D eigenvalue weighted by Gasteiger charge is -2.34. The molecule has 10 nitrogen and oxygen atoms in total. The van der Waals surface area contributed by atoms with Crippen molar-refractivity contribution in [1.82, 2.24) is 26.1 Å². The van der Waals surface area contributed by atoms with Crippen LogP contribution >= 0.6 is 11.6 Å². The van der Waals surface area contributed by atoms with E-state index in [-0.39, 0.29) is 11.8 Å². The van der Waals surface area contributed by atoms with Gasteiger partial charge in [0, 0.05) is 17.6 Å². The van der Waals surface area contributed by atoms with Crippen LogP contribution < -0.4 is 16.1 Å². The van der Waals surface area contributed by atoms with E-state index in [0.29, 0.717) is 24.4 Å². The molecular formula is C31H42ClN5O5. The monoisotopic (exact) mass is 599 g/mol. The Morgan fingerprint density at radius 3 is 2.52 bits per heavy atom. The summed E-state index contributed by atoms with van der Waals surface area (Å²) in [5, 5.41) is 17.6. The van der Waals surface area contributed by atoms with Gasteiger partial charge in [0.15, 0.2) is 0 Å². The maximum absolute atomic E-state index is 13.4. The second-order valence-electron chi connectivity index (χ2n) is 11.8. The van der Waals surface area contributed by atoms with Crippen molar-refractivity contribution >= 4 is 52.3 Å². The molecule has 1 unspecified atom stereocenters. The minimum Gasteiger partial charge on any atom is -0.480 e. The van der Waals surface area contributed by atoms with E-state index in [4.69, 9.17) is 16.6 Å². The third kappa shape index (κ3) is 7.66. The van der Waals surface area contributed by atoms with Crippen molar-refractivity contribution in [3.8, 4) is 0 Å². The van der Waals surface area contributed by atoms with Crippen molar-refractivity contribution in [2.24, 2.45) is 11.3 Å². The Morgan fingerprint density at radius 2 is 1.90 bits per heavy atom. The predicted molar refractivity (Wildman–Crippen MR) is 164 cm³/mol. The van der Waals surface area contributed by atoms with E-state index in [1.807, 2.05) is 52.0 Å². The number of amides is 3. The van der Waals surface area contributed by atoms with Crippen molar-refractivity contribution in [3.63, 3.8) is 0 Å². The number of hydrogen-bond acceptors (Lipinski definition) is 6. The number of benzene rings is 1. The summed E-state index contributed by atoms with van der Waals surface area (Å²) >= 11 is 6.47. The number of halogens is 1. The first-order valence-corrected chi connectivity index (χ1v) is 14.7. The smallest absolute Gasteiger partial charge is 0.322 e. The number of fused-ring (bicyclic) bond motifs is 1. The van der Waals surface area contributed by atoms with E-state index in [1.54, 1.807) is 19.9 Å². The molecule has 0 aliphatic carbocycles. The van der Waals surface area contributed by atoms with E-state index in [0.717, 1.165) is 34.1 Å². The second-order valence-corrected chi connectivity index (χ2v) is 12.2. The van der Waals surface area contributed by atoms with Crippen LogP contribution in [-0.2, 0) is 25.6 Å². The summed E-state index contributed by atoms with van der Waals surface area (Å²) in [4.78, 5) is 55.6. The highest BCUT2D eigenvalue weighted by molar-refractivity contribution is 6.35. The van der Waals surface area contributed by atoms with Crippen LogP contribution in [0, 0.1) is 18.3 Å². The fraction of sp³-hybridized carbons (Fsp3) is 0.516. The highest BCUT2D eigenvalue weighted by Crippen LogP contribution is 2.29. The molecule has 2 heterocycles. The molecule has 0 saturated carbocycles. The van der Waals surface area contributed by atoms with Gasteiger partial charge in [-0.05, 0) is 70.1 Å². The van der Waals surface area contributed by atoms with Crippen molar-refractivity contribution in [1.29, 1.82) is 0 Å². The molecule has 0 radical (unpaired) electrons. The molecule has 42 heavy (non-hydrogen) atoms. The molecule has 1 fully saturated rings. The van der Waals surface area contributed by atoms with E-state index in [1.165, 1.54) is 11.9 Å². The van der Waals surface area contributed by atoms with Gasteiger partial charge in [-0.15, -0.1) is 0 Å². The molecule has 3 rings (SSSR count). The maximum Gasteiger partial charge on any atom is 0.322 e. The number of hydrazine groups is 1. The number of carboxylic acids is 1. The molecule has 4 N–H and O–H groups in total. The van der Waals surface area contributed by atoms with Crippen LogP contribution in [0.4, 0.5) is 0 Å². The summed E-state index contributed by atoms with van der Waals surface area (Å²) in [5.74, 6) is -2.58. The van der Waals surface area contributed by atoms with Gasteiger partial charge in [-0.1, -0.05) is 56.7 Å². The average Bonchev–Trinajstić information content (AvgIpc) is 2.94. The Balaban J connectivity index is 1.70. The number of pyridine rings is 1. The number of aryl methyl sites for hydroxylation is 2. The second kappa shape index (κ2) is 13.6. The van der Waals surface area contributed by atoms with Crippen LogP contribution in [-0.4, -0.2) is 63.5 Å². The van der Waals surface area contributed by atoms with Gasteiger partial charge >= 0.3 is 5.97 Å². The van der Waals surface area contributed by atoms with Crippen LogP contribution in [0.5, 0.6) is 0 Å². The van der Waals surface area contributed by atoms with Crippen molar-refractivity contribution < 1.29 is 24.3 Å². The largest absolute Gasteiger partial charge is 0.480 e. The van der Waals surface area contributed by atoms with Gasteiger partial charge in [0.05, 0.1) is 16.0 Å². The molecule has 228 valence electrons. The normalized spacial score (nSPS) is 17.4. The van der Waals surface area contributed by atoms with Gasteiger partial charge < -0.3 is 15.7 Å². The van der Waals surface area contributed by atoms with Gasteiger partial charge in [0.2, 0.25) is 11.8 Å². The molecule has 0 spiro atoms. The number of aromatic nitrogens is 1. The number of carbonyl (C=O) groups is 4. The number of carboxylic acid groups (broad SMARTS) is 1. The zero-order valence-electron chi connectivity index (χ0n) is 25.4. The van der Waals surface area contributed by atoms with Crippen molar-refractivity contribution in [3.05, 3.63) is 46.1 Å². The Labute approximate surface area is 252 Å². The number of rotatable bonds is 10. The number of nitrogens with zero attached hydrogens (tertiary/aromatic N) is 2. The number of aliphatic carboxylic acids is 1.